The van der Waals surface area contributed by atoms with Crippen molar-refractivity contribution in [3.63, 3.8) is 0 Å². The first kappa shape index (κ1) is 71.6. The average molecular weight is 1330 g/mol. The maximum atomic E-state index is 14.6. The Labute approximate surface area is 552 Å². The molecule has 31 heteroatoms. The van der Waals surface area contributed by atoms with Crippen LogP contribution in [0.25, 0.3) is 0 Å². The van der Waals surface area contributed by atoms with Crippen molar-refractivity contribution < 1.29 is 82.8 Å². The average Bonchev–Trinajstić information content (AvgIpc) is 1.24. The van der Waals surface area contributed by atoms with E-state index in [4.69, 9.17) is 4.84 Å². The van der Waals surface area contributed by atoms with Gasteiger partial charge in [0.25, 0.3) is 59.1 Å². The van der Waals surface area contributed by atoms with E-state index in [0.717, 1.165) is 0 Å². The van der Waals surface area contributed by atoms with Crippen LogP contribution in [-0.4, -0.2) is 253 Å². The van der Waals surface area contributed by atoms with Crippen molar-refractivity contribution in [1.29, 1.82) is 0 Å². The van der Waals surface area contributed by atoms with Crippen LogP contribution in [0.4, 0.5) is 0 Å². The van der Waals surface area contributed by atoms with Crippen LogP contribution in [0, 0.1) is 0 Å². The highest BCUT2D eigenvalue weighted by atomic mass is 16.7. The normalized spacial score (nSPS) is 21.3. The zero-order chi connectivity index (χ0) is 68.7. The first-order chi connectivity index (χ1) is 46.3. The Hall–Kier alpha value is -10.2. The lowest BCUT2D eigenvalue weighted by Crippen LogP contribution is -2.49. The highest BCUT2D eigenvalue weighted by Gasteiger charge is 2.33. The zero-order valence-corrected chi connectivity index (χ0v) is 53.1. The van der Waals surface area contributed by atoms with Crippen molar-refractivity contribution in [2.45, 2.75) is 57.4 Å². The molecule has 11 amide bonds. The van der Waals surface area contributed by atoms with E-state index in [0.29, 0.717) is 17.9 Å². The molecule has 12 bridgehead atoms. The maximum Gasteiger partial charge on any atom is 0.333 e. The minimum atomic E-state index is -0.846. The molecule has 96 heavy (non-hydrogen) atoms. The number of para-hydroxylation sites is 4. The van der Waals surface area contributed by atoms with Gasteiger partial charge in [-0.2, -0.15) is 0 Å². The summed E-state index contributed by atoms with van der Waals surface area (Å²) in [6, 6.07) is 15.9. The van der Waals surface area contributed by atoms with Crippen LogP contribution in [0.3, 0.4) is 0 Å². The van der Waals surface area contributed by atoms with Gasteiger partial charge in [0.2, 0.25) is 5.91 Å². The van der Waals surface area contributed by atoms with Crippen LogP contribution >= 0.6 is 0 Å². The van der Waals surface area contributed by atoms with Gasteiger partial charge in [-0.25, -0.2) is 4.79 Å². The van der Waals surface area contributed by atoms with Gasteiger partial charge in [0.15, 0.2) is 0 Å². The molecule has 5 aliphatic heterocycles. The van der Waals surface area contributed by atoms with Gasteiger partial charge in [-0.05, 0) is 74.2 Å². The number of phenolic OH excluding ortho intramolecular Hbond substituents is 4. The van der Waals surface area contributed by atoms with Crippen molar-refractivity contribution in [2.24, 2.45) is 0 Å². The number of aromatic hydroxyl groups is 4. The Morgan fingerprint density at radius 2 is 0.698 bits per heavy atom. The summed E-state index contributed by atoms with van der Waals surface area (Å²) in [6.45, 7) is 1.51. The Balaban J connectivity index is 1.14. The van der Waals surface area contributed by atoms with Gasteiger partial charge in [0.05, 0.1) is 44.5 Å². The summed E-state index contributed by atoms with van der Waals surface area (Å²) >= 11 is 0. The minimum absolute atomic E-state index is 0.00791. The second-order valence-electron chi connectivity index (χ2n) is 23.3. The van der Waals surface area contributed by atoms with Crippen molar-refractivity contribution in [1.82, 2.24) is 72.5 Å². The van der Waals surface area contributed by atoms with Crippen LogP contribution < -0.4 is 47.9 Å². The summed E-state index contributed by atoms with van der Waals surface area (Å²) in [4.78, 5) is 173. The molecular weight excluding hydrogens is 1250 g/mol. The summed E-state index contributed by atoms with van der Waals surface area (Å²) in [5.74, 6) is -10.6. The molecule has 4 aromatic rings. The molecule has 514 valence electrons. The highest BCUT2D eigenvalue weighted by Crippen LogP contribution is 2.27. The standard InChI is InChI=1S/C65H82N14O17/c80-50(17-7-18-53(83)96-79-51(81)19-20-52(79)82)66-21-2-1-8-41-40-78-35-28-73-63(93)47-14-5-13-46(56(47)86)60(90)69-23-30-75-29-22-67-58(88)42-9-3-11-44(54(42)84)61(91)70-26-33-77(38-39-78)34-27-71-62(92)45-12-4-10-43(55(45)85)59(89)68-24-31-76(37-36-75)32-25-72-64(94)48-15-6-16-49(57(48)87)65(95)74-41/h3-6,9-16,41,84-87H,1-2,7-8,17-40H2,(H,66,80)(H,67,88)(H,68,89)(H,69,90)(H,70,91)(H,71,92)(H,72,94)(H,73,93)(H,74,95). The minimum Gasteiger partial charge on any atom is -0.506 e. The van der Waals surface area contributed by atoms with E-state index in [-0.39, 0.29) is 214 Å². The molecule has 5 heterocycles. The fourth-order valence-corrected chi connectivity index (χ4v) is 11.3. The lowest BCUT2D eigenvalue weighted by atomic mass is 10.0. The van der Waals surface area contributed by atoms with Crippen LogP contribution in [0.1, 0.15) is 134 Å². The van der Waals surface area contributed by atoms with Crippen molar-refractivity contribution in [3.05, 3.63) is 117 Å². The van der Waals surface area contributed by atoms with Gasteiger partial charge in [-0.1, -0.05) is 24.3 Å². The van der Waals surface area contributed by atoms with E-state index in [9.17, 15) is 78.0 Å². The molecule has 5 atom stereocenters. The SMILES string of the molecule is O=C(CCCC(=O)ON1C(=O)CCC1=O)NCCCCC1CN2CCNC(=O)c3cccc(c3O)C(=O)NCCN3CCNC(=O)c4cccc(c4O)C(=O)NCCN(CCNC(=O)c4cccc(c4O)C(=O)NCCN(CCNC(=O)c4cccc(c4O)C(=O)N1)CC3)CC2. The third-order valence-electron chi connectivity index (χ3n) is 16.7. The molecule has 5 unspecified atom stereocenters. The number of imide groups is 1. The molecular formula is C65H82N14O17. The van der Waals surface area contributed by atoms with Crippen LogP contribution in [0.2, 0.25) is 0 Å². The number of carbonyl (C=O) groups is 12. The van der Waals surface area contributed by atoms with Gasteiger partial charge < -0.3 is 73.1 Å². The van der Waals surface area contributed by atoms with Crippen molar-refractivity contribution in [2.75, 3.05) is 131 Å². The lowest BCUT2D eigenvalue weighted by molar-refractivity contribution is -0.197. The Bertz CT molecular complexity index is 3460. The largest absolute Gasteiger partial charge is 0.506 e. The number of rotatable bonds is 10. The van der Waals surface area contributed by atoms with E-state index >= 15 is 0 Å². The van der Waals surface area contributed by atoms with Crippen LogP contribution in [-0.2, 0) is 24.0 Å². The van der Waals surface area contributed by atoms with Gasteiger partial charge in [0, 0.05) is 163 Å². The van der Waals surface area contributed by atoms with Gasteiger partial charge >= 0.3 is 5.97 Å². The molecule has 13 N–H and O–H groups in total. The smallest absolute Gasteiger partial charge is 0.333 e. The first-order valence-electron chi connectivity index (χ1n) is 32.0. The lowest BCUT2D eigenvalue weighted by Gasteiger charge is -2.31. The third kappa shape index (κ3) is 20.1. The predicted molar refractivity (Wildman–Crippen MR) is 344 cm³/mol. The molecule has 5 aliphatic rings. The topological polar surface area (TPSA) is 419 Å². The number of benzene rings is 4. The van der Waals surface area contributed by atoms with E-state index in [1.807, 2.05) is 19.6 Å². The zero-order valence-electron chi connectivity index (χ0n) is 53.1. The number of unbranched alkanes of at least 4 members (excludes halogenated alkanes) is 1. The van der Waals surface area contributed by atoms with Crippen LogP contribution in [0.5, 0.6) is 23.0 Å². The molecule has 9 rings (SSSR count). The van der Waals surface area contributed by atoms with Gasteiger partial charge in [-0.3, -0.25) is 72.3 Å². The number of amides is 11. The predicted octanol–water partition coefficient (Wildman–Crippen LogP) is -0.871. The fourth-order valence-electron chi connectivity index (χ4n) is 11.3. The molecule has 0 spiro atoms. The highest BCUT2D eigenvalue weighted by molar-refractivity contribution is 6.07. The molecule has 0 radical (unpaired) electrons. The molecule has 1 fully saturated rings. The number of hydroxylamine groups is 2. The molecule has 0 aromatic heterocycles. The van der Waals surface area contributed by atoms with Gasteiger partial charge in [0.1, 0.15) is 23.0 Å². The van der Waals surface area contributed by atoms with Crippen molar-refractivity contribution in [3.8, 4) is 23.0 Å². The maximum absolute atomic E-state index is 14.6. The summed E-state index contributed by atoms with van der Waals surface area (Å²) in [7, 11) is 0. The summed E-state index contributed by atoms with van der Waals surface area (Å²) in [5, 5.41) is 72.1. The van der Waals surface area contributed by atoms with Crippen LogP contribution in [0.15, 0.2) is 72.8 Å². The second-order valence-corrected chi connectivity index (χ2v) is 23.3. The van der Waals surface area contributed by atoms with Gasteiger partial charge in [-0.15, -0.1) is 5.06 Å². The summed E-state index contributed by atoms with van der Waals surface area (Å²) in [5.41, 5.74) is -1.58. The number of nitrogens with one attached hydrogen (secondary N) is 9. The molecule has 31 nitrogen and oxygen atoms in total. The van der Waals surface area contributed by atoms with E-state index < -0.39 is 100.0 Å². The second kappa shape index (κ2) is 35.3. The number of nitrogens with zero attached hydrogens (tertiary/aromatic N) is 5. The summed E-state index contributed by atoms with van der Waals surface area (Å²) in [6.07, 6.45) is 0.605. The number of carbonyl (C=O) groups excluding carboxylic acids is 12. The third-order valence-corrected chi connectivity index (χ3v) is 16.7. The first-order valence-corrected chi connectivity index (χ1v) is 32.0. The van der Waals surface area contributed by atoms with E-state index in [2.05, 4.69) is 47.9 Å². The Kier molecular flexibility index (Phi) is 26.3. The molecule has 4 aromatic carbocycles. The Morgan fingerprint density at radius 3 is 1.03 bits per heavy atom. The molecule has 0 saturated carbocycles. The quantitative estimate of drug-likeness (QED) is 0.0678. The Morgan fingerprint density at radius 1 is 0.396 bits per heavy atom. The number of phenols is 4. The summed E-state index contributed by atoms with van der Waals surface area (Å²) < 4.78 is 0. The van der Waals surface area contributed by atoms with Crippen molar-refractivity contribution >= 4 is 70.9 Å². The monoisotopic (exact) mass is 1330 g/mol. The fraction of sp³-hybridized carbons (Fsp3) is 0.446. The number of fused-ring (bicyclic) bond motifs is 26. The number of hydrogen-bond acceptors (Lipinski definition) is 21. The van der Waals surface area contributed by atoms with E-state index in [1.165, 1.54) is 72.8 Å². The molecule has 0 aliphatic carbocycles. The molecule has 1 saturated heterocycles. The number of hydrogen-bond donors (Lipinski definition) is 13. The van der Waals surface area contributed by atoms with E-state index in [1.54, 1.807) is 0 Å².